The van der Waals surface area contributed by atoms with Crippen LogP contribution in [0.4, 0.5) is 0 Å². The van der Waals surface area contributed by atoms with Gasteiger partial charge < -0.3 is 9.13 Å². The number of aromatic nitrogens is 4. The second-order valence-electron chi connectivity index (χ2n) is 8.44. The van der Waals surface area contributed by atoms with E-state index >= 15 is 0 Å². The second-order valence-corrected chi connectivity index (χ2v) is 8.44. The van der Waals surface area contributed by atoms with E-state index in [0.717, 1.165) is 38.3 Å². The topological polar surface area (TPSA) is 56.0 Å². The molecule has 2 aromatic rings. The largest absolute Gasteiger partial charge is 0.320 e. The third-order valence-corrected chi connectivity index (χ3v) is 6.08. The highest BCUT2D eigenvalue weighted by Crippen LogP contribution is 2.43. The van der Waals surface area contributed by atoms with Gasteiger partial charge >= 0.3 is 0 Å². The average Bonchev–Trinajstić information content (AvgIpc) is 3.00. The molecule has 0 amide bonds. The van der Waals surface area contributed by atoms with E-state index in [2.05, 4.69) is 39.6 Å². The van der Waals surface area contributed by atoms with Crippen LogP contribution >= 0.6 is 0 Å². The zero-order valence-electron chi connectivity index (χ0n) is 16.0. The molecule has 0 N–H and O–H groups in total. The maximum Gasteiger partial charge on any atom is 0.250 e. The second kappa shape index (κ2) is 6.99. The minimum atomic E-state index is 0.174. The van der Waals surface area contributed by atoms with Gasteiger partial charge in [0.1, 0.15) is 12.2 Å². The van der Waals surface area contributed by atoms with Crippen LogP contribution in [0.15, 0.2) is 29.3 Å². The lowest BCUT2D eigenvalue weighted by Crippen LogP contribution is -2.49. The maximum absolute atomic E-state index is 12.7. The first-order chi connectivity index (χ1) is 12.5. The summed E-state index contributed by atoms with van der Waals surface area (Å²) in [5, 5.41) is 8.27. The van der Waals surface area contributed by atoms with Crippen molar-refractivity contribution >= 4 is 0 Å². The third-order valence-electron chi connectivity index (χ3n) is 6.08. The molecule has 4 rings (SSSR count). The summed E-state index contributed by atoms with van der Waals surface area (Å²) in [7, 11) is 2.00. The predicted molar refractivity (Wildman–Crippen MR) is 101 cm³/mol. The Labute approximate surface area is 154 Å². The summed E-state index contributed by atoms with van der Waals surface area (Å²) in [4.78, 5) is 15.2. The Balaban J connectivity index is 1.63. The van der Waals surface area contributed by atoms with Gasteiger partial charge in [-0.3, -0.25) is 9.69 Å². The number of nitrogens with zero attached hydrogens (tertiary/aromatic N) is 5. The molecule has 2 aliphatic rings. The fourth-order valence-corrected chi connectivity index (χ4v) is 4.79. The molecule has 3 atom stereocenters. The molecule has 140 valence electrons. The Bertz CT molecular complexity index is 824. The number of hydrogen-bond donors (Lipinski definition) is 0. The van der Waals surface area contributed by atoms with Crippen molar-refractivity contribution in [3.8, 4) is 0 Å². The SMILES string of the molecule is CC(C)CC[C@H]1[C@H]2C[C@H](CN(Cc3nncn3C)C2)c2cccc(=O)n21. The van der Waals surface area contributed by atoms with Gasteiger partial charge in [0.05, 0.1) is 6.54 Å². The van der Waals surface area contributed by atoms with Crippen molar-refractivity contribution in [3.63, 3.8) is 0 Å². The molecular weight excluding hydrogens is 326 g/mol. The quantitative estimate of drug-likeness (QED) is 0.827. The Morgan fingerprint density at radius 3 is 2.85 bits per heavy atom. The maximum atomic E-state index is 12.7. The zero-order chi connectivity index (χ0) is 18.3. The molecule has 2 aliphatic heterocycles. The van der Waals surface area contributed by atoms with Gasteiger partial charge in [0.25, 0.3) is 5.56 Å². The van der Waals surface area contributed by atoms with Gasteiger partial charge in [-0.2, -0.15) is 0 Å². The molecule has 0 radical (unpaired) electrons. The normalized spacial score (nSPS) is 25.5. The lowest BCUT2D eigenvalue weighted by molar-refractivity contribution is 0.0775. The highest BCUT2D eigenvalue weighted by Gasteiger charge is 2.40. The number of likely N-dealkylation sites (tertiary alicyclic amines) is 1. The van der Waals surface area contributed by atoms with E-state index < -0.39 is 0 Å². The molecule has 1 fully saturated rings. The van der Waals surface area contributed by atoms with Crippen molar-refractivity contribution in [1.82, 2.24) is 24.2 Å². The first kappa shape index (κ1) is 17.5. The van der Waals surface area contributed by atoms with Crippen LogP contribution < -0.4 is 5.56 Å². The fraction of sp³-hybridized carbons (Fsp3) is 0.650. The molecule has 0 unspecified atom stereocenters. The Hall–Kier alpha value is -1.95. The van der Waals surface area contributed by atoms with Crippen LogP contribution in [0.25, 0.3) is 0 Å². The number of rotatable bonds is 5. The van der Waals surface area contributed by atoms with Crippen molar-refractivity contribution in [3.05, 3.63) is 46.4 Å². The molecule has 2 aromatic heterocycles. The molecule has 1 saturated heterocycles. The molecule has 2 bridgehead atoms. The molecule has 0 aliphatic carbocycles. The van der Waals surface area contributed by atoms with Crippen molar-refractivity contribution in [1.29, 1.82) is 0 Å². The van der Waals surface area contributed by atoms with Gasteiger partial charge in [0.2, 0.25) is 0 Å². The van der Waals surface area contributed by atoms with Crippen LogP contribution in [-0.2, 0) is 13.6 Å². The van der Waals surface area contributed by atoms with E-state index in [1.807, 2.05) is 17.7 Å². The van der Waals surface area contributed by atoms with E-state index in [1.54, 1.807) is 12.4 Å². The first-order valence-electron chi connectivity index (χ1n) is 9.79. The van der Waals surface area contributed by atoms with Crippen molar-refractivity contribution in [2.45, 2.75) is 51.6 Å². The lowest BCUT2D eigenvalue weighted by atomic mass is 9.76. The van der Waals surface area contributed by atoms with E-state index in [4.69, 9.17) is 0 Å². The van der Waals surface area contributed by atoms with Gasteiger partial charge in [-0.25, -0.2) is 0 Å². The first-order valence-corrected chi connectivity index (χ1v) is 9.79. The van der Waals surface area contributed by atoms with Crippen LogP contribution in [-0.4, -0.2) is 37.3 Å². The summed E-state index contributed by atoms with van der Waals surface area (Å²) in [6.07, 6.45) is 5.21. The van der Waals surface area contributed by atoms with E-state index in [9.17, 15) is 4.79 Å². The minimum absolute atomic E-state index is 0.174. The van der Waals surface area contributed by atoms with Crippen molar-refractivity contribution in [2.75, 3.05) is 13.1 Å². The molecule has 0 spiro atoms. The number of aryl methyl sites for hydroxylation is 1. The van der Waals surface area contributed by atoms with Crippen LogP contribution in [0.3, 0.4) is 0 Å². The minimum Gasteiger partial charge on any atom is -0.320 e. The summed E-state index contributed by atoms with van der Waals surface area (Å²) >= 11 is 0. The van der Waals surface area contributed by atoms with Crippen LogP contribution in [0, 0.1) is 11.8 Å². The number of piperidine rings is 1. The summed E-state index contributed by atoms with van der Waals surface area (Å²) in [5.41, 5.74) is 1.40. The summed E-state index contributed by atoms with van der Waals surface area (Å²) in [6.45, 7) is 7.39. The monoisotopic (exact) mass is 355 g/mol. The molecule has 0 saturated carbocycles. The highest BCUT2D eigenvalue weighted by molar-refractivity contribution is 5.19. The van der Waals surface area contributed by atoms with E-state index in [-0.39, 0.29) is 5.56 Å². The summed E-state index contributed by atoms with van der Waals surface area (Å²) in [5.74, 6) is 2.64. The van der Waals surface area contributed by atoms with Gasteiger partial charge in [-0.05, 0) is 37.2 Å². The van der Waals surface area contributed by atoms with E-state index in [0.29, 0.717) is 23.8 Å². The zero-order valence-corrected chi connectivity index (χ0v) is 16.0. The number of hydrogen-bond acceptors (Lipinski definition) is 4. The van der Waals surface area contributed by atoms with Gasteiger partial charge in [0.15, 0.2) is 0 Å². The van der Waals surface area contributed by atoms with Crippen LogP contribution in [0.5, 0.6) is 0 Å². The molecule has 6 nitrogen and oxygen atoms in total. The fourth-order valence-electron chi connectivity index (χ4n) is 4.79. The molecule has 4 heterocycles. The predicted octanol–water partition coefficient (Wildman–Crippen LogP) is 2.57. The highest BCUT2D eigenvalue weighted by atomic mass is 16.1. The third kappa shape index (κ3) is 3.22. The molecule has 0 aromatic carbocycles. The van der Waals surface area contributed by atoms with E-state index in [1.165, 1.54) is 12.1 Å². The van der Waals surface area contributed by atoms with Crippen molar-refractivity contribution in [2.24, 2.45) is 18.9 Å². The lowest BCUT2D eigenvalue weighted by Gasteiger charge is -2.47. The standard InChI is InChI=1S/C20H29N5O/c1-14(2)7-8-18-16-9-15(17-5-4-6-20(26)25(17)18)10-24(11-16)12-19-22-21-13-23(19)3/h4-6,13-16,18H,7-12H2,1-3H3/t15-,16+,18+/m1/s1. The Kier molecular flexibility index (Phi) is 4.69. The van der Waals surface area contributed by atoms with Gasteiger partial charge in [0, 0.05) is 43.9 Å². The Morgan fingerprint density at radius 2 is 2.12 bits per heavy atom. The average molecular weight is 355 g/mol. The van der Waals surface area contributed by atoms with Gasteiger partial charge in [-0.1, -0.05) is 19.9 Å². The summed E-state index contributed by atoms with van der Waals surface area (Å²) < 4.78 is 4.12. The molecule has 26 heavy (non-hydrogen) atoms. The molecule has 6 heteroatoms. The number of pyridine rings is 1. The Morgan fingerprint density at radius 1 is 1.27 bits per heavy atom. The van der Waals surface area contributed by atoms with Crippen LogP contribution in [0.2, 0.25) is 0 Å². The number of fused-ring (bicyclic) bond motifs is 4. The molecular formula is C20H29N5O. The smallest absolute Gasteiger partial charge is 0.250 e. The van der Waals surface area contributed by atoms with Gasteiger partial charge in [-0.15, -0.1) is 10.2 Å². The summed E-state index contributed by atoms with van der Waals surface area (Å²) in [6, 6.07) is 6.13. The van der Waals surface area contributed by atoms with Crippen LogP contribution in [0.1, 0.15) is 56.6 Å². The van der Waals surface area contributed by atoms with Crippen molar-refractivity contribution < 1.29 is 0 Å².